The average molecular weight is 366 g/mol. The molecule has 0 aromatic heterocycles. The number of carbonyl (C=O) groups excluding carboxylic acids is 2. The van der Waals surface area contributed by atoms with Gasteiger partial charge in [0.15, 0.2) is 0 Å². The number of hydrogen-bond acceptors (Lipinski definition) is 2. The summed E-state index contributed by atoms with van der Waals surface area (Å²) in [6.07, 6.45) is 1.99. The lowest BCUT2D eigenvalue weighted by Crippen LogP contribution is -2.48. The summed E-state index contributed by atoms with van der Waals surface area (Å²) in [6, 6.07) is 15.7. The predicted octanol–water partition coefficient (Wildman–Crippen LogP) is 3.13. The second-order valence-corrected chi connectivity index (χ2v) is 7.49. The molecule has 2 bridgehead atoms. The Morgan fingerprint density at radius 3 is 2.44 bits per heavy atom. The molecule has 3 aliphatic rings. The van der Waals surface area contributed by atoms with Crippen LogP contribution in [0.15, 0.2) is 54.6 Å². The molecule has 5 heteroatoms. The van der Waals surface area contributed by atoms with Gasteiger partial charge in [-0.3, -0.25) is 9.59 Å². The molecule has 27 heavy (non-hydrogen) atoms. The van der Waals surface area contributed by atoms with Crippen molar-refractivity contribution in [2.24, 2.45) is 5.92 Å². The Hall–Kier alpha value is -2.69. The van der Waals surface area contributed by atoms with Crippen LogP contribution >= 0.6 is 0 Å². The number of amides is 2. The molecule has 3 fully saturated rings. The highest BCUT2D eigenvalue weighted by molar-refractivity contribution is 5.94. The lowest BCUT2D eigenvalue weighted by molar-refractivity contribution is -0.134. The minimum atomic E-state index is -0.341. The van der Waals surface area contributed by atoms with E-state index in [-0.39, 0.29) is 36.0 Å². The van der Waals surface area contributed by atoms with Gasteiger partial charge in [0.2, 0.25) is 5.91 Å². The maximum absolute atomic E-state index is 13.9. The van der Waals surface area contributed by atoms with Crippen LogP contribution in [0.3, 0.4) is 0 Å². The molecule has 2 aromatic carbocycles. The van der Waals surface area contributed by atoms with E-state index >= 15 is 0 Å². The summed E-state index contributed by atoms with van der Waals surface area (Å²) in [7, 11) is 0. The van der Waals surface area contributed by atoms with Crippen LogP contribution in [0.1, 0.15) is 28.8 Å². The first-order valence-electron chi connectivity index (χ1n) is 9.49. The van der Waals surface area contributed by atoms with E-state index < -0.39 is 0 Å². The van der Waals surface area contributed by atoms with Crippen LogP contribution < -0.4 is 0 Å². The zero-order chi connectivity index (χ0) is 18.8. The van der Waals surface area contributed by atoms with E-state index in [2.05, 4.69) is 0 Å². The Balaban J connectivity index is 1.49. The van der Waals surface area contributed by atoms with Crippen LogP contribution in [0.4, 0.5) is 4.39 Å². The number of hydrogen-bond donors (Lipinski definition) is 0. The molecule has 2 atom stereocenters. The fraction of sp³-hybridized carbons (Fsp3) is 0.364. The molecule has 0 aliphatic carbocycles. The van der Waals surface area contributed by atoms with Gasteiger partial charge in [-0.25, -0.2) is 4.39 Å². The van der Waals surface area contributed by atoms with Crippen LogP contribution in [-0.2, 0) is 11.2 Å². The van der Waals surface area contributed by atoms with Crippen molar-refractivity contribution in [1.29, 1.82) is 0 Å². The lowest BCUT2D eigenvalue weighted by Gasteiger charge is -2.36. The molecule has 0 spiro atoms. The third kappa shape index (κ3) is 3.72. The highest BCUT2D eigenvalue weighted by atomic mass is 19.1. The van der Waals surface area contributed by atoms with Crippen molar-refractivity contribution in [1.82, 2.24) is 9.80 Å². The number of piperidine rings is 1. The molecular formula is C22H23FN2O2. The van der Waals surface area contributed by atoms with Gasteiger partial charge in [0.1, 0.15) is 5.82 Å². The van der Waals surface area contributed by atoms with E-state index in [4.69, 9.17) is 0 Å². The molecule has 5 rings (SSSR count). The molecule has 3 saturated heterocycles. The minimum Gasteiger partial charge on any atom is -0.337 e. The first-order chi connectivity index (χ1) is 13.1. The van der Waals surface area contributed by atoms with Gasteiger partial charge < -0.3 is 9.80 Å². The van der Waals surface area contributed by atoms with Crippen molar-refractivity contribution in [3.63, 3.8) is 0 Å². The van der Waals surface area contributed by atoms with Crippen molar-refractivity contribution in [2.45, 2.75) is 25.3 Å². The molecule has 2 aromatic rings. The third-order valence-electron chi connectivity index (χ3n) is 5.64. The summed E-state index contributed by atoms with van der Waals surface area (Å²) in [5, 5.41) is 0. The number of halogens is 1. The Morgan fingerprint density at radius 2 is 1.67 bits per heavy atom. The minimum absolute atomic E-state index is 0.00989. The Labute approximate surface area is 158 Å². The topological polar surface area (TPSA) is 40.6 Å². The largest absolute Gasteiger partial charge is 0.337 e. The number of carbonyl (C=O) groups is 2. The molecule has 3 heterocycles. The van der Waals surface area contributed by atoms with Crippen molar-refractivity contribution in [2.75, 3.05) is 19.6 Å². The zero-order valence-corrected chi connectivity index (χ0v) is 15.2. The molecule has 0 N–H and O–H groups in total. The second kappa shape index (κ2) is 7.51. The number of benzene rings is 2. The highest BCUT2D eigenvalue weighted by Crippen LogP contribution is 2.29. The first kappa shape index (κ1) is 17.7. The van der Waals surface area contributed by atoms with Crippen molar-refractivity contribution >= 4 is 11.8 Å². The Kier molecular flexibility index (Phi) is 4.92. The van der Waals surface area contributed by atoms with E-state index in [0.29, 0.717) is 30.8 Å². The molecule has 3 aliphatic heterocycles. The fourth-order valence-electron chi connectivity index (χ4n) is 4.22. The zero-order valence-electron chi connectivity index (χ0n) is 15.2. The summed E-state index contributed by atoms with van der Waals surface area (Å²) < 4.78 is 13.9. The van der Waals surface area contributed by atoms with Gasteiger partial charge in [0.05, 0.1) is 6.42 Å². The monoisotopic (exact) mass is 366 g/mol. The van der Waals surface area contributed by atoms with E-state index in [0.717, 1.165) is 12.8 Å². The molecule has 0 radical (unpaired) electrons. The van der Waals surface area contributed by atoms with E-state index in [1.165, 1.54) is 6.07 Å². The summed E-state index contributed by atoms with van der Waals surface area (Å²) in [5.41, 5.74) is 1.11. The van der Waals surface area contributed by atoms with Crippen molar-refractivity contribution in [3.8, 4) is 0 Å². The number of fused-ring (bicyclic) bond motifs is 4. The molecule has 0 unspecified atom stereocenters. The van der Waals surface area contributed by atoms with Crippen LogP contribution in [0.25, 0.3) is 0 Å². The number of nitrogens with zero attached hydrogens (tertiary/aromatic N) is 2. The van der Waals surface area contributed by atoms with E-state index in [1.807, 2.05) is 40.1 Å². The van der Waals surface area contributed by atoms with Crippen LogP contribution in [0, 0.1) is 11.7 Å². The van der Waals surface area contributed by atoms with Gasteiger partial charge in [0.25, 0.3) is 5.91 Å². The maximum Gasteiger partial charge on any atom is 0.253 e. The summed E-state index contributed by atoms with van der Waals surface area (Å²) >= 11 is 0. The first-order valence-corrected chi connectivity index (χ1v) is 9.49. The van der Waals surface area contributed by atoms with E-state index in [1.54, 1.807) is 18.2 Å². The Morgan fingerprint density at radius 1 is 0.926 bits per heavy atom. The third-order valence-corrected chi connectivity index (χ3v) is 5.64. The van der Waals surface area contributed by atoms with E-state index in [9.17, 15) is 14.0 Å². The quantitative estimate of drug-likeness (QED) is 0.837. The number of rotatable bonds is 3. The standard InChI is InChI=1S/C22H23FN2O2/c23-20-9-5-4-8-18(20)12-21(26)25-14-16-10-11-19(25)15-24(13-16)22(27)17-6-2-1-3-7-17/h1-9,16,19H,10-15H2/t16-,19+/m1/s1. The maximum atomic E-state index is 13.9. The molecule has 0 saturated carbocycles. The molecule has 4 nitrogen and oxygen atoms in total. The van der Waals surface area contributed by atoms with Gasteiger partial charge in [-0.05, 0) is 42.5 Å². The van der Waals surface area contributed by atoms with Gasteiger partial charge in [-0.15, -0.1) is 0 Å². The van der Waals surface area contributed by atoms with Crippen LogP contribution in [-0.4, -0.2) is 47.3 Å². The Bertz CT molecular complexity index is 839. The summed E-state index contributed by atoms with van der Waals surface area (Å²) in [4.78, 5) is 29.5. The van der Waals surface area contributed by atoms with Crippen molar-refractivity contribution < 1.29 is 14.0 Å². The SMILES string of the molecule is O=C(c1ccccc1)N1C[C@H]2CC[C@@H](C1)N(C(=O)Cc1ccccc1F)C2. The van der Waals surface area contributed by atoms with Gasteiger partial charge >= 0.3 is 0 Å². The predicted molar refractivity (Wildman–Crippen MR) is 101 cm³/mol. The normalized spacial score (nSPS) is 21.8. The molecular weight excluding hydrogens is 343 g/mol. The van der Waals surface area contributed by atoms with Gasteiger partial charge in [-0.1, -0.05) is 36.4 Å². The van der Waals surface area contributed by atoms with Crippen LogP contribution in [0.5, 0.6) is 0 Å². The van der Waals surface area contributed by atoms with Crippen molar-refractivity contribution in [3.05, 3.63) is 71.5 Å². The highest BCUT2D eigenvalue weighted by Gasteiger charge is 2.38. The van der Waals surface area contributed by atoms with Gasteiger partial charge in [-0.2, -0.15) is 0 Å². The smallest absolute Gasteiger partial charge is 0.253 e. The summed E-state index contributed by atoms with van der Waals surface area (Å²) in [5.74, 6) is -0.0904. The fourth-order valence-corrected chi connectivity index (χ4v) is 4.22. The van der Waals surface area contributed by atoms with Crippen LogP contribution in [0.2, 0.25) is 0 Å². The molecule has 2 amide bonds. The lowest BCUT2D eigenvalue weighted by atomic mass is 9.94. The molecule has 140 valence electrons. The second-order valence-electron chi connectivity index (χ2n) is 7.49. The van der Waals surface area contributed by atoms with Gasteiger partial charge in [0, 0.05) is 31.2 Å². The summed E-state index contributed by atoms with van der Waals surface area (Å²) in [6.45, 7) is 1.87. The average Bonchev–Trinajstić information content (AvgIpc) is 3.02.